The van der Waals surface area contributed by atoms with E-state index in [1.807, 2.05) is 78.9 Å². The van der Waals surface area contributed by atoms with Crippen LogP contribution in [-0.4, -0.2) is 57.8 Å². The summed E-state index contributed by atoms with van der Waals surface area (Å²) in [7, 11) is 0. The van der Waals surface area contributed by atoms with Crippen LogP contribution in [0.2, 0.25) is 0 Å². The van der Waals surface area contributed by atoms with Crippen LogP contribution in [0.5, 0.6) is 0 Å². The Kier molecular flexibility index (Phi) is 11.6. The number of rotatable bonds is 13. The molecule has 0 radical (unpaired) electrons. The zero-order valence-corrected chi connectivity index (χ0v) is 25.9. The number of aliphatic hydroxyl groups excluding tert-OH is 3. The molecule has 8 heteroatoms. The van der Waals surface area contributed by atoms with Crippen molar-refractivity contribution in [3.05, 3.63) is 107 Å². The van der Waals surface area contributed by atoms with E-state index in [4.69, 9.17) is 4.74 Å². The summed E-state index contributed by atoms with van der Waals surface area (Å²) >= 11 is 0. The summed E-state index contributed by atoms with van der Waals surface area (Å²) in [6.07, 6.45) is 0.240. The van der Waals surface area contributed by atoms with Crippen LogP contribution >= 0.6 is 0 Å². The Balaban J connectivity index is 1.56. The molecule has 0 heterocycles. The summed E-state index contributed by atoms with van der Waals surface area (Å²) in [6.45, 7) is 5.46. The molecule has 3 aromatic rings. The van der Waals surface area contributed by atoms with Gasteiger partial charge in [0, 0.05) is 18.9 Å². The van der Waals surface area contributed by atoms with Crippen molar-refractivity contribution >= 4 is 12.0 Å². The second-order valence-electron chi connectivity index (χ2n) is 12.7. The molecule has 3 aromatic carbocycles. The van der Waals surface area contributed by atoms with Crippen LogP contribution in [0.15, 0.2) is 78.9 Å². The molecule has 0 bridgehead atoms. The molecule has 0 spiro atoms. The van der Waals surface area contributed by atoms with Crippen LogP contribution in [0, 0.1) is 5.92 Å². The van der Waals surface area contributed by atoms with Crippen molar-refractivity contribution in [2.24, 2.45) is 5.92 Å². The van der Waals surface area contributed by atoms with Gasteiger partial charge in [0.1, 0.15) is 5.60 Å². The fraction of sp³-hybridized carbons (Fsp3) is 0.444. The number of hydrogen-bond donors (Lipinski definition) is 5. The molecule has 236 valence electrons. The topological polar surface area (TPSA) is 128 Å². The third kappa shape index (κ3) is 9.64. The van der Waals surface area contributed by atoms with Crippen LogP contribution in [0.3, 0.4) is 0 Å². The molecule has 0 unspecified atom stereocenters. The van der Waals surface area contributed by atoms with Gasteiger partial charge in [-0.15, -0.1) is 0 Å². The van der Waals surface area contributed by atoms with Crippen molar-refractivity contribution in [2.75, 3.05) is 6.61 Å². The summed E-state index contributed by atoms with van der Waals surface area (Å²) in [6, 6.07) is 23.9. The smallest absolute Gasteiger partial charge is 0.407 e. The van der Waals surface area contributed by atoms with Crippen molar-refractivity contribution in [1.82, 2.24) is 10.6 Å². The fourth-order valence-corrected chi connectivity index (χ4v) is 5.78. The van der Waals surface area contributed by atoms with Gasteiger partial charge in [-0.1, -0.05) is 78.9 Å². The molecular weight excluding hydrogens is 556 g/mol. The largest absolute Gasteiger partial charge is 0.444 e. The number of alkyl carbamates (subject to hydrolysis) is 1. The molecule has 0 aromatic heterocycles. The lowest BCUT2D eigenvalue weighted by molar-refractivity contribution is -0.127. The number of carbonyl (C=O) groups excluding carboxylic acids is 2. The molecule has 2 amide bonds. The molecule has 5 N–H and O–H groups in total. The van der Waals surface area contributed by atoms with E-state index in [0.29, 0.717) is 25.7 Å². The van der Waals surface area contributed by atoms with E-state index >= 15 is 0 Å². The second-order valence-corrected chi connectivity index (χ2v) is 12.7. The van der Waals surface area contributed by atoms with Gasteiger partial charge in [0.2, 0.25) is 5.91 Å². The van der Waals surface area contributed by atoms with Crippen molar-refractivity contribution < 1.29 is 29.6 Å². The van der Waals surface area contributed by atoms with Crippen LogP contribution < -0.4 is 10.6 Å². The minimum absolute atomic E-state index is 0.0792. The quantitative estimate of drug-likeness (QED) is 0.197. The lowest BCUT2D eigenvalue weighted by atomic mass is 9.88. The maximum atomic E-state index is 13.9. The maximum Gasteiger partial charge on any atom is 0.407 e. The molecule has 0 saturated carbocycles. The van der Waals surface area contributed by atoms with Crippen LogP contribution in [0.4, 0.5) is 4.79 Å². The van der Waals surface area contributed by atoms with Crippen molar-refractivity contribution in [1.29, 1.82) is 0 Å². The third-order valence-electron chi connectivity index (χ3n) is 7.99. The Morgan fingerprint density at radius 2 is 1.55 bits per heavy atom. The van der Waals surface area contributed by atoms with E-state index in [0.717, 1.165) is 34.2 Å². The molecule has 8 nitrogen and oxygen atoms in total. The van der Waals surface area contributed by atoms with E-state index in [2.05, 4.69) is 10.6 Å². The Morgan fingerprint density at radius 1 is 0.909 bits per heavy atom. The first-order chi connectivity index (χ1) is 21.0. The van der Waals surface area contributed by atoms with E-state index in [-0.39, 0.29) is 18.9 Å². The summed E-state index contributed by atoms with van der Waals surface area (Å²) in [5.74, 6) is -0.920. The van der Waals surface area contributed by atoms with Gasteiger partial charge in [0.15, 0.2) is 0 Å². The first-order valence-corrected chi connectivity index (χ1v) is 15.5. The first-order valence-electron chi connectivity index (χ1n) is 15.5. The molecule has 4 rings (SSSR count). The highest BCUT2D eigenvalue weighted by Gasteiger charge is 2.35. The van der Waals surface area contributed by atoms with Crippen LogP contribution in [0.25, 0.3) is 0 Å². The van der Waals surface area contributed by atoms with Crippen LogP contribution in [0.1, 0.15) is 67.5 Å². The predicted octanol–water partition coefficient (Wildman–Crippen LogP) is 4.43. The Bertz CT molecular complexity index is 1360. The molecule has 0 aliphatic heterocycles. The van der Waals surface area contributed by atoms with Crippen LogP contribution in [-0.2, 0) is 35.2 Å². The average molecular weight is 603 g/mol. The Labute approximate surface area is 260 Å². The summed E-state index contributed by atoms with van der Waals surface area (Å²) in [5.41, 5.74) is 4.14. The van der Waals surface area contributed by atoms with Gasteiger partial charge in [0.05, 0.1) is 24.3 Å². The Morgan fingerprint density at radius 3 is 2.23 bits per heavy atom. The van der Waals surface area contributed by atoms with Gasteiger partial charge < -0.3 is 30.7 Å². The van der Waals surface area contributed by atoms with Gasteiger partial charge in [0.25, 0.3) is 0 Å². The number of amides is 2. The molecule has 1 aliphatic rings. The number of aryl methyl sites for hydroxylation is 1. The molecule has 0 saturated heterocycles. The Hall–Kier alpha value is -3.72. The lowest BCUT2D eigenvalue weighted by Crippen LogP contribution is -2.48. The van der Waals surface area contributed by atoms with E-state index in [1.54, 1.807) is 20.8 Å². The second kappa shape index (κ2) is 15.3. The summed E-state index contributed by atoms with van der Waals surface area (Å²) in [5, 5.41) is 37.5. The summed E-state index contributed by atoms with van der Waals surface area (Å²) in [4.78, 5) is 26.7. The number of nitrogens with one attached hydrogen (secondary N) is 2. The minimum Gasteiger partial charge on any atom is -0.444 e. The van der Waals surface area contributed by atoms with Gasteiger partial charge in [-0.05, 0) is 80.7 Å². The molecule has 0 fully saturated rings. The molecular formula is C36H46N2O6. The summed E-state index contributed by atoms with van der Waals surface area (Å²) < 4.78 is 5.49. The highest BCUT2D eigenvalue weighted by molar-refractivity contribution is 5.80. The maximum absolute atomic E-state index is 13.9. The fourth-order valence-electron chi connectivity index (χ4n) is 5.78. The predicted molar refractivity (Wildman–Crippen MR) is 170 cm³/mol. The van der Waals surface area contributed by atoms with E-state index in [1.165, 1.54) is 0 Å². The molecule has 44 heavy (non-hydrogen) atoms. The standard InChI is InChI=1S/C36H46N2O6/c1-36(2,3)44-35(43)37-30(21-25-10-5-4-6-11-25)31(40)23-28(20-26-17-15-24(16-18-26)12-9-19-39)34(42)38-33-29-14-8-7-13-27(29)22-32(33)41/h4-8,10-11,13-18,28,30-33,39-41H,9,12,19-23H2,1-3H3,(H,37,43)(H,38,42)/t28-,30+,31+,32+,33-/m1/s1. The van der Waals surface area contributed by atoms with Crippen molar-refractivity contribution in [2.45, 2.75) is 89.2 Å². The number of fused-ring (bicyclic) bond motifs is 1. The van der Waals surface area contributed by atoms with E-state index in [9.17, 15) is 24.9 Å². The van der Waals surface area contributed by atoms with Gasteiger partial charge in [-0.25, -0.2) is 4.79 Å². The SMILES string of the molecule is CC(C)(C)OC(=O)N[C@@H](Cc1ccccc1)[C@@H](O)C[C@@H](Cc1ccc(CCCO)cc1)C(=O)N[C@@H]1c2ccccc2C[C@@H]1O. The zero-order valence-electron chi connectivity index (χ0n) is 25.9. The third-order valence-corrected chi connectivity index (χ3v) is 7.99. The highest BCUT2D eigenvalue weighted by atomic mass is 16.6. The van der Waals surface area contributed by atoms with Crippen molar-refractivity contribution in [3.63, 3.8) is 0 Å². The average Bonchev–Trinajstić information content (AvgIpc) is 3.30. The number of benzene rings is 3. The lowest BCUT2D eigenvalue weighted by Gasteiger charge is -2.30. The van der Waals surface area contributed by atoms with Gasteiger partial charge >= 0.3 is 6.09 Å². The van der Waals surface area contributed by atoms with Crippen molar-refractivity contribution in [3.8, 4) is 0 Å². The zero-order chi connectivity index (χ0) is 31.7. The monoisotopic (exact) mass is 602 g/mol. The van der Waals surface area contributed by atoms with Gasteiger partial charge in [-0.3, -0.25) is 4.79 Å². The minimum atomic E-state index is -1.07. The number of carbonyl (C=O) groups is 2. The number of ether oxygens (including phenoxy) is 1. The number of aliphatic hydroxyl groups is 3. The first kappa shape index (κ1) is 33.2. The highest BCUT2D eigenvalue weighted by Crippen LogP contribution is 2.32. The van der Waals surface area contributed by atoms with E-state index < -0.39 is 41.9 Å². The van der Waals surface area contributed by atoms with Gasteiger partial charge in [-0.2, -0.15) is 0 Å². The molecule has 5 atom stereocenters. The number of hydrogen-bond acceptors (Lipinski definition) is 6. The molecule has 1 aliphatic carbocycles. The normalized spacial score (nSPS) is 18.1.